The lowest BCUT2D eigenvalue weighted by Crippen LogP contribution is -3.13. The fourth-order valence-electron chi connectivity index (χ4n) is 3.63. The van der Waals surface area contributed by atoms with Gasteiger partial charge in [0.15, 0.2) is 0 Å². The van der Waals surface area contributed by atoms with E-state index in [4.69, 9.17) is 0 Å². The monoisotopic (exact) mass is 426 g/mol. The van der Waals surface area contributed by atoms with Gasteiger partial charge in [-0.2, -0.15) is 0 Å². The Labute approximate surface area is 166 Å². The van der Waals surface area contributed by atoms with E-state index in [-0.39, 0.29) is 0 Å². The quantitative estimate of drug-likeness (QED) is 0.495. The number of piperazine rings is 1. The van der Waals surface area contributed by atoms with Crippen molar-refractivity contribution in [2.75, 3.05) is 26.2 Å². The van der Waals surface area contributed by atoms with Crippen LogP contribution in [0.4, 0.5) is 0 Å². The molecule has 138 valence electrons. The number of benzene rings is 2. The number of halogens is 1. The van der Waals surface area contributed by atoms with Crippen LogP contribution in [-0.2, 0) is 11.3 Å². The number of aromatic amines is 1. The van der Waals surface area contributed by atoms with Gasteiger partial charge in [0, 0.05) is 27.1 Å². The Kier molecular flexibility index (Phi) is 5.09. The van der Waals surface area contributed by atoms with Crippen molar-refractivity contribution < 1.29 is 14.5 Å². The molecule has 2 N–H and O–H groups in total. The molecule has 2 aromatic carbocycles. The van der Waals surface area contributed by atoms with Crippen LogP contribution in [0.25, 0.3) is 10.9 Å². The first-order valence-electron chi connectivity index (χ1n) is 9.09. The molecule has 0 radical (unpaired) electrons. The van der Waals surface area contributed by atoms with Gasteiger partial charge >= 0.3 is 0 Å². The lowest BCUT2D eigenvalue weighted by atomic mass is 10.1. The summed E-state index contributed by atoms with van der Waals surface area (Å²) in [6, 6.07) is 16.0. The molecule has 1 amide bonds. The summed E-state index contributed by atoms with van der Waals surface area (Å²) in [5, 5.41) is 0.774. The Morgan fingerprint density at radius 3 is 2.56 bits per heavy atom. The number of rotatable bonds is 4. The number of hydrogen-bond donors (Lipinski definition) is 2. The Morgan fingerprint density at radius 2 is 1.81 bits per heavy atom. The van der Waals surface area contributed by atoms with Gasteiger partial charge in [-0.1, -0.05) is 46.3 Å². The third-order valence-corrected chi connectivity index (χ3v) is 5.63. The highest BCUT2D eigenvalue weighted by Gasteiger charge is 2.29. The molecule has 0 aliphatic carbocycles. The van der Waals surface area contributed by atoms with Gasteiger partial charge in [-0.05, 0) is 18.2 Å². The molecule has 1 fully saturated rings. The third kappa shape index (κ3) is 3.82. The second-order valence-corrected chi connectivity index (χ2v) is 7.84. The number of aromatic nitrogens is 1. The highest BCUT2D eigenvalue weighted by atomic mass is 79.9. The van der Waals surface area contributed by atoms with E-state index in [1.807, 2.05) is 36.4 Å². The number of quaternary nitrogens is 1. The zero-order valence-corrected chi connectivity index (χ0v) is 16.5. The van der Waals surface area contributed by atoms with Gasteiger partial charge < -0.3 is 14.8 Å². The predicted octanol–water partition coefficient (Wildman–Crippen LogP) is 2.04. The highest BCUT2D eigenvalue weighted by Crippen LogP contribution is 2.23. The summed E-state index contributed by atoms with van der Waals surface area (Å²) in [5.41, 5.74) is 2.59. The van der Waals surface area contributed by atoms with Crippen molar-refractivity contribution in [2.45, 2.75) is 6.54 Å². The maximum atomic E-state index is 12.8. The fourth-order valence-corrected chi connectivity index (χ4v) is 3.99. The van der Waals surface area contributed by atoms with Crippen LogP contribution in [0.5, 0.6) is 0 Å². The smallest absolute Gasteiger partial charge is 0.295 e. The SMILES string of the molecule is O=C(C(=O)N1CC[NH+](Cc2ccccc2)CC1)c1c[nH]c2ccc(Br)cc12. The zero-order valence-electron chi connectivity index (χ0n) is 14.9. The number of hydrogen-bond acceptors (Lipinski definition) is 2. The van der Waals surface area contributed by atoms with Gasteiger partial charge in [-0.15, -0.1) is 0 Å². The molecule has 2 heterocycles. The van der Waals surface area contributed by atoms with Gasteiger partial charge in [-0.25, -0.2) is 0 Å². The summed E-state index contributed by atoms with van der Waals surface area (Å²) >= 11 is 3.42. The van der Waals surface area contributed by atoms with Crippen LogP contribution in [0, 0.1) is 0 Å². The van der Waals surface area contributed by atoms with Gasteiger partial charge in [0.2, 0.25) is 0 Å². The Morgan fingerprint density at radius 1 is 1.07 bits per heavy atom. The van der Waals surface area contributed by atoms with E-state index in [2.05, 4.69) is 33.0 Å². The van der Waals surface area contributed by atoms with Crippen LogP contribution in [0.3, 0.4) is 0 Å². The average molecular weight is 427 g/mol. The lowest BCUT2D eigenvalue weighted by molar-refractivity contribution is -0.917. The summed E-state index contributed by atoms with van der Waals surface area (Å²) < 4.78 is 0.884. The number of carbonyl (C=O) groups is 2. The number of amides is 1. The number of carbonyl (C=O) groups excluding carboxylic acids is 2. The molecule has 1 saturated heterocycles. The van der Waals surface area contributed by atoms with Crippen molar-refractivity contribution in [3.63, 3.8) is 0 Å². The number of fused-ring (bicyclic) bond motifs is 1. The molecule has 6 heteroatoms. The van der Waals surface area contributed by atoms with E-state index >= 15 is 0 Å². The van der Waals surface area contributed by atoms with E-state index < -0.39 is 11.7 Å². The number of ketones is 1. The minimum absolute atomic E-state index is 0.408. The number of Topliss-reactive ketones (excluding diaryl/α,β-unsaturated/α-hetero) is 1. The Bertz CT molecular complexity index is 976. The van der Waals surface area contributed by atoms with E-state index in [1.54, 1.807) is 11.1 Å². The molecule has 1 aromatic heterocycles. The van der Waals surface area contributed by atoms with Crippen molar-refractivity contribution in [1.82, 2.24) is 9.88 Å². The second kappa shape index (κ2) is 7.66. The van der Waals surface area contributed by atoms with Crippen LogP contribution in [0.15, 0.2) is 59.2 Å². The van der Waals surface area contributed by atoms with E-state index in [0.717, 1.165) is 35.0 Å². The minimum Gasteiger partial charge on any atom is -0.360 e. The van der Waals surface area contributed by atoms with E-state index in [9.17, 15) is 9.59 Å². The second-order valence-electron chi connectivity index (χ2n) is 6.93. The molecule has 0 atom stereocenters. The molecule has 0 spiro atoms. The fraction of sp³-hybridized carbons (Fsp3) is 0.238. The Balaban J connectivity index is 1.41. The van der Waals surface area contributed by atoms with Crippen molar-refractivity contribution in [1.29, 1.82) is 0 Å². The number of H-pyrrole nitrogens is 1. The molecule has 0 bridgehead atoms. The molecule has 0 saturated carbocycles. The molecule has 27 heavy (non-hydrogen) atoms. The molecule has 0 unspecified atom stereocenters. The number of nitrogens with one attached hydrogen (secondary N) is 2. The summed E-state index contributed by atoms with van der Waals surface area (Å²) in [6.07, 6.45) is 1.63. The topological polar surface area (TPSA) is 57.6 Å². The first kappa shape index (κ1) is 17.9. The summed E-state index contributed by atoms with van der Waals surface area (Å²) in [6.45, 7) is 3.88. The van der Waals surface area contributed by atoms with E-state index in [1.165, 1.54) is 10.5 Å². The van der Waals surface area contributed by atoms with Gasteiger partial charge in [0.05, 0.1) is 31.7 Å². The van der Waals surface area contributed by atoms with Crippen molar-refractivity contribution in [3.05, 3.63) is 70.3 Å². The van der Waals surface area contributed by atoms with Crippen molar-refractivity contribution in [3.8, 4) is 0 Å². The van der Waals surface area contributed by atoms with Gasteiger partial charge in [0.25, 0.3) is 11.7 Å². The molecule has 5 nitrogen and oxygen atoms in total. The van der Waals surface area contributed by atoms with Crippen LogP contribution in [0.2, 0.25) is 0 Å². The molecule has 1 aliphatic rings. The predicted molar refractivity (Wildman–Crippen MR) is 108 cm³/mol. The first-order chi connectivity index (χ1) is 13.1. The summed E-state index contributed by atoms with van der Waals surface area (Å²) in [4.78, 5) is 31.7. The normalized spacial score (nSPS) is 15.2. The maximum absolute atomic E-state index is 12.8. The van der Waals surface area contributed by atoms with Crippen LogP contribution < -0.4 is 4.90 Å². The maximum Gasteiger partial charge on any atom is 0.295 e. The Hall–Kier alpha value is -2.44. The van der Waals surface area contributed by atoms with E-state index in [0.29, 0.717) is 18.7 Å². The molecule has 1 aliphatic heterocycles. The first-order valence-corrected chi connectivity index (χ1v) is 9.89. The van der Waals surface area contributed by atoms with Gasteiger partial charge in [-0.3, -0.25) is 9.59 Å². The molecular formula is C21H21BrN3O2+. The number of nitrogens with zero attached hydrogens (tertiary/aromatic N) is 1. The molecule has 4 rings (SSSR count). The van der Waals surface area contributed by atoms with Crippen molar-refractivity contribution >= 4 is 38.5 Å². The van der Waals surface area contributed by atoms with Crippen molar-refractivity contribution in [2.24, 2.45) is 0 Å². The van der Waals surface area contributed by atoms with Gasteiger partial charge in [0.1, 0.15) is 6.54 Å². The largest absolute Gasteiger partial charge is 0.360 e. The minimum atomic E-state index is -0.439. The van der Waals surface area contributed by atoms with Crippen LogP contribution in [0.1, 0.15) is 15.9 Å². The standard InChI is InChI=1S/C21H20BrN3O2/c22-16-6-7-19-17(12-16)18(13-23-19)20(26)21(27)25-10-8-24(9-11-25)14-15-4-2-1-3-5-15/h1-7,12-13,23H,8-11,14H2/p+1. The lowest BCUT2D eigenvalue weighted by Gasteiger charge is -2.31. The third-order valence-electron chi connectivity index (χ3n) is 5.14. The average Bonchev–Trinajstić information content (AvgIpc) is 3.11. The highest BCUT2D eigenvalue weighted by molar-refractivity contribution is 9.10. The summed E-state index contributed by atoms with van der Waals surface area (Å²) in [7, 11) is 0. The molecular weight excluding hydrogens is 406 g/mol. The van der Waals surface area contributed by atoms with Crippen LogP contribution in [-0.4, -0.2) is 47.8 Å². The summed E-state index contributed by atoms with van der Waals surface area (Å²) in [5.74, 6) is -0.847. The zero-order chi connectivity index (χ0) is 18.8. The van der Waals surface area contributed by atoms with Crippen LogP contribution >= 0.6 is 15.9 Å². The molecule has 3 aromatic rings.